The minimum absolute atomic E-state index is 0.134. The molecule has 2 saturated carbocycles. The van der Waals surface area contributed by atoms with Crippen LogP contribution in [0.4, 0.5) is 0 Å². The number of furan rings is 1. The van der Waals surface area contributed by atoms with Crippen molar-refractivity contribution >= 4 is 17.8 Å². The van der Waals surface area contributed by atoms with E-state index in [0.717, 1.165) is 44.3 Å². The maximum Gasteiger partial charge on any atom is 0.249 e. The third-order valence-corrected chi connectivity index (χ3v) is 8.57. The van der Waals surface area contributed by atoms with Gasteiger partial charge in [-0.1, -0.05) is 39.5 Å². The molecule has 2 amide bonds. The van der Waals surface area contributed by atoms with Crippen LogP contribution in [0.25, 0.3) is 0 Å². The second-order valence-corrected chi connectivity index (χ2v) is 12.4. The van der Waals surface area contributed by atoms with Crippen LogP contribution in [0.3, 0.4) is 0 Å². The van der Waals surface area contributed by atoms with Gasteiger partial charge >= 0.3 is 0 Å². The van der Waals surface area contributed by atoms with Gasteiger partial charge in [0.2, 0.25) is 11.8 Å². The van der Waals surface area contributed by atoms with Gasteiger partial charge in [-0.2, -0.15) is 0 Å². The van der Waals surface area contributed by atoms with Crippen molar-refractivity contribution in [1.29, 1.82) is 0 Å². The van der Waals surface area contributed by atoms with E-state index in [1.54, 1.807) is 20.1 Å². The zero-order valence-corrected chi connectivity index (χ0v) is 22.5. The molecule has 1 saturated heterocycles. The first-order chi connectivity index (χ1) is 17.4. The highest BCUT2D eigenvalue weighted by molar-refractivity contribution is 5.86. The molecular formula is C28H41N2O7-. The molecule has 206 valence electrons. The number of carbonyl (C=O) groups is 3. The molecule has 9 heteroatoms. The standard InChI is InChI=1S/C28H42N2O7/c1-25(2)18-36-26(3,4)37-21(25)22(31)29-17-20(23(32)33)28(13-6-5-7-14-28)30-24(34)27(11-9-12-27)16-19-10-8-15-35-19/h8,10,15,20-21H,5-7,9,11-14,16-18H2,1-4H3,(H,29,31)(H,30,34)(H,32,33)/p-1. The molecule has 2 heterocycles. The van der Waals surface area contributed by atoms with E-state index in [2.05, 4.69) is 10.6 Å². The summed E-state index contributed by atoms with van der Waals surface area (Å²) in [7, 11) is 0. The SMILES string of the molecule is CC1(C)OCC(C)(C)C(C(=O)NCC(C(=O)[O-])C2(NC(=O)C3(Cc4ccco4)CCC3)CCCCC2)O1. The summed E-state index contributed by atoms with van der Waals surface area (Å²) in [6.07, 6.45) is 7.30. The molecule has 3 aliphatic rings. The summed E-state index contributed by atoms with van der Waals surface area (Å²) in [6.45, 7) is 7.44. The average molecular weight is 518 g/mol. The van der Waals surface area contributed by atoms with E-state index in [1.165, 1.54) is 0 Å². The summed E-state index contributed by atoms with van der Waals surface area (Å²) in [5, 5.41) is 18.5. The largest absolute Gasteiger partial charge is 0.550 e. The van der Waals surface area contributed by atoms with Gasteiger partial charge in [0, 0.05) is 35.8 Å². The number of carboxylic acid groups (broad SMARTS) is 1. The van der Waals surface area contributed by atoms with Gasteiger partial charge in [-0.05, 0) is 51.7 Å². The third kappa shape index (κ3) is 5.87. The van der Waals surface area contributed by atoms with Gasteiger partial charge in [-0.3, -0.25) is 9.59 Å². The van der Waals surface area contributed by atoms with Crippen LogP contribution in [-0.2, 0) is 30.3 Å². The molecule has 0 aromatic carbocycles. The van der Waals surface area contributed by atoms with E-state index in [-0.39, 0.29) is 12.5 Å². The van der Waals surface area contributed by atoms with Crippen molar-refractivity contribution in [3.05, 3.63) is 24.2 Å². The number of carboxylic acids is 1. The summed E-state index contributed by atoms with van der Waals surface area (Å²) in [5.41, 5.74) is -2.18. The summed E-state index contributed by atoms with van der Waals surface area (Å²) in [6, 6.07) is 3.67. The van der Waals surface area contributed by atoms with E-state index in [0.29, 0.717) is 25.9 Å². The maximum absolute atomic E-state index is 13.7. The van der Waals surface area contributed by atoms with Crippen molar-refractivity contribution in [3.8, 4) is 0 Å². The lowest BCUT2D eigenvalue weighted by Crippen LogP contribution is -2.65. The molecule has 9 nitrogen and oxygen atoms in total. The van der Waals surface area contributed by atoms with Crippen molar-refractivity contribution in [3.63, 3.8) is 0 Å². The quantitative estimate of drug-likeness (QED) is 0.515. The van der Waals surface area contributed by atoms with Crippen molar-refractivity contribution in [2.75, 3.05) is 13.2 Å². The van der Waals surface area contributed by atoms with E-state index >= 15 is 0 Å². The maximum atomic E-state index is 13.7. The predicted molar refractivity (Wildman–Crippen MR) is 133 cm³/mol. The van der Waals surface area contributed by atoms with Crippen molar-refractivity contribution in [2.45, 2.75) is 103 Å². The van der Waals surface area contributed by atoms with E-state index in [4.69, 9.17) is 13.9 Å². The second-order valence-electron chi connectivity index (χ2n) is 12.4. The Labute approximate surface area is 219 Å². The Morgan fingerprint density at radius 3 is 2.32 bits per heavy atom. The Balaban J connectivity index is 1.51. The predicted octanol–water partition coefficient (Wildman–Crippen LogP) is 2.47. The zero-order valence-electron chi connectivity index (χ0n) is 22.5. The van der Waals surface area contributed by atoms with Crippen molar-refractivity contribution in [1.82, 2.24) is 10.6 Å². The second kappa shape index (κ2) is 10.4. The lowest BCUT2D eigenvalue weighted by molar-refractivity contribution is -0.314. The molecule has 2 unspecified atom stereocenters. The van der Waals surface area contributed by atoms with Gasteiger partial charge in [0.25, 0.3) is 0 Å². The molecule has 4 rings (SSSR count). The summed E-state index contributed by atoms with van der Waals surface area (Å²) < 4.78 is 17.1. The lowest BCUT2D eigenvalue weighted by atomic mass is 9.64. The molecule has 0 radical (unpaired) electrons. The average Bonchev–Trinajstić information content (AvgIpc) is 3.31. The van der Waals surface area contributed by atoms with E-state index < -0.39 is 46.1 Å². The van der Waals surface area contributed by atoms with Crippen LogP contribution in [-0.4, -0.2) is 48.4 Å². The first-order valence-corrected chi connectivity index (χ1v) is 13.5. The summed E-state index contributed by atoms with van der Waals surface area (Å²) in [5.74, 6) is -3.04. The monoisotopic (exact) mass is 517 g/mol. The molecule has 2 atom stereocenters. The molecule has 0 spiro atoms. The number of rotatable bonds is 9. The molecule has 0 bridgehead atoms. The first kappa shape index (κ1) is 27.6. The summed E-state index contributed by atoms with van der Waals surface area (Å²) >= 11 is 0. The van der Waals surface area contributed by atoms with E-state index in [1.807, 2.05) is 26.0 Å². The Hall–Kier alpha value is -2.39. The highest BCUT2D eigenvalue weighted by Gasteiger charge is 2.50. The third-order valence-electron chi connectivity index (χ3n) is 8.57. The molecule has 2 aliphatic carbocycles. The number of ether oxygens (including phenoxy) is 2. The number of carbonyl (C=O) groups excluding carboxylic acids is 3. The molecule has 1 aliphatic heterocycles. The van der Waals surface area contributed by atoms with Crippen LogP contribution in [0.15, 0.2) is 22.8 Å². The van der Waals surface area contributed by atoms with Crippen molar-refractivity contribution < 1.29 is 33.4 Å². The van der Waals surface area contributed by atoms with Gasteiger partial charge in [0.1, 0.15) is 11.9 Å². The number of aliphatic carboxylic acids is 1. The van der Waals surface area contributed by atoms with E-state index in [9.17, 15) is 19.5 Å². The van der Waals surface area contributed by atoms with Crippen LogP contribution in [0.5, 0.6) is 0 Å². The number of amides is 2. The Morgan fingerprint density at radius 1 is 1.05 bits per heavy atom. The fourth-order valence-corrected chi connectivity index (χ4v) is 6.06. The summed E-state index contributed by atoms with van der Waals surface area (Å²) in [4.78, 5) is 39.5. The highest BCUT2D eigenvalue weighted by Crippen LogP contribution is 2.46. The molecule has 3 fully saturated rings. The normalized spacial score (nSPS) is 26.3. The topological polar surface area (TPSA) is 130 Å². The van der Waals surface area contributed by atoms with Crippen LogP contribution in [0.2, 0.25) is 0 Å². The Bertz CT molecular complexity index is 975. The van der Waals surface area contributed by atoms with Gasteiger partial charge in [-0.25, -0.2) is 0 Å². The fraction of sp³-hybridized carbons (Fsp3) is 0.750. The Morgan fingerprint density at radius 2 is 1.76 bits per heavy atom. The zero-order chi connectivity index (χ0) is 26.9. The highest BCUT2D eigenvalue weighted by atomic mass is 16.7. The number of hydrogen-bond donors (Lipinski definition) is 2. The molecular weight excluding hydrogens is 476 g/mol. The smallest absolute Gasteiger partial charge is 0.249 e. The van der Waals surface area contributed by atoms with Crippen molar-refractivity contribution in [2.24, 2.45) is 16.7 Å². The van der Waals surface area contributed by atoms with Crippen LogP contribution in [0, 0.1) is 16.7 Å². The molecule has 1 aromatic heterocycles. The fourth-order valence-electron chi connectivity index (χ4n) is 6.06. The molecule has 37 heavy (non-hydrogen) atoms. The first-order valence-electron chi connectivity index (χ1n) is 13.5. The van der Waals surface area contributed by atoms with Gasteiger partial charge < -0.3 is 34.4 Å². The molecule has 2 N–H and O–H groups in total. The van der Waals surface area contributed by atoms with Crippen LogP contribution in [0.1, 0.15) is 84.8 Å². The number of hydrogen-bond acceptors (Lipinski definition) is 7. The minimum atomic E-state index is -1.27. The van der Waals surface area contributed by atoms with Gasteiger partial charge in [0.05, 0.1) is 18.3 Å². The van der Waals surface area contributed by atoms with Crippen LogP contribution < -0.4 is 15.7 Å². The molecule has 1 aromatic rings. The van der Waals surface area contributed by atoms with Gasteiger partial charge in [-0.15, -0.1) is 0 Å². The number of nitrogens with one attached hydrogen (secondary N) is 2. The van der Waals surface area contributed by atoms with Crippen LogP contribution >= 0.6 is 0 Å². The minimum Gasteiger partial charge on any atom is -0.550 e. The Kier molecular flexibility index (Phi) is 7.77. The van der Waals surface area contributed by atoms with Gasteiger partial charge in [0.15, 0.2) is 5.79 Å². The lowest BCUT2D eigenvalue weighted by Gasteiger charge is -2.49.